The Labute approximate surface area is 78.1 Å². The van der Waals surface area contributed by atoms with Crippen LogP contribution in [0.4, 0.5) is 0 Å². The van der Waals surface area contributed by atoms with Gasteiger partial charge in [0.05, 0.1) is 0 Å². The van der Waals surface area contributed by atoms with Crippen molar-refractivity contribution in [2.45, 2.75) is 47.0 Å². The first kappa shape index (κ1) is 11.7. The number of hydrogen-bond donors (Lipinski definition) is 0. The fraction of sp³-hybridized carbons (Fsp3) is 0.833. The zero-order chi connectivity index (χ0) is 9.56. The predicted octanol–water partition coefficient (Wildman–Crippen LogP) is 4.27. The molecule has 0 N–H and O–H groups in total. The van der Waals surface area contributed by atoms with E-state index in [9.17, 15) is 0 Å². The summed E-state index contributed by atoms with van der Waals surface area (Å²) in [5, 5.41) is 0. The SMILES string of the molecule is C=CCC(C)C(C)CCC(C)C. The van der Waals surface area contributed by atoms with Gasteiger partial charge in [0.2, 0.25) is 0 Å². The largest absolute Gasteiger partial charge is 0.103 e. The van der Waals surface area contributed by atoms with Gasteiger partial charge in [-0.3, -0.25) is 0 Å². The summed E-state index contributed by atoms with van der Waals surface area (Å²) in [7, 11) is 0. The number of hydrogen-bond acceptors (Lipinski definition) is 0. The van der Waals surface area contributed by atoms with Crippen LogP contribution >= 0.6 is 0 Å². The molecule has 0 heterocycles. The fourth-order valence-electron chi connectivity index (χ4n) is 1.38. The van der Waals surface area contributed by atoms with Gasteiger partial charge in [-0.25, -0.2) is 0 Å². The molecule has 0 rings (SSSR count). The average Bonchev–Trinajstić information content (AvgIpc) is 2.00. The van der Waals surface area contributed by atoms with Crippen LogP contribution in [-0.4, -0.2) is 0 Å². The number of rotatable bonds is 6. The van der Waals surface area contributed by atoms with E-state index in [2.05, 4.69) is 34.3 Å². The van der Waals surface area contributed by atoms with Crippen molar-refractivity contribution in [1.29, 1.82) is 0 Å². The molecule has 12 heavy (non-hydrogen) atoms. The zero-order valence-electron chi connectivity index (χ0n) is 9.14. The smallest absolute Gasteiger partial charge is 0.0325 e. The van der Waals surface area contributed by atoms with Crippen LogP contribution in [0.5, 0.6) is 0 Å². The molecule has 0 amide bonds. The highest BCUT2D eigenvalue weighted by atomic mass is 14.2. The van der Waals surface area contributed by atoms with E-state index >= 15 is 0 Å². The Morgan fingerprint density at radius 2 is 1.58 bits per heavy atom. The predicted molar refractivity (Wildman–Crippen MR) is 57.2 cm³/mol. The van der Waals surface area contributed by atoms with Crippen molar-refractivity contribution in [2.75, 3.05) is 0 Å². The van der Waals surface area contributed by atoms with Gasteiger partial charge in [-0.1, -0.05) is 46.6 Å². The minimum Gasteiger partial charge on any atom is -0.103 e. The van der Waals surface area contributed by atoms with Crippen molar-refractivity contribution in [3.8, 4) is 0 Å². The van der Waals surface area contributed by atoms with Crippen LogP contribution in [0.1, 0.15) is 47.0 Å². The van der Waals surface area contributed by atoms with Crippen molar-refractivity contribution in [3.05, 3.63) is 12.7 Å². The van der Waals surface area contributed by atoms with Gasteiger partial charge in [-0.05, 0) is 24.2 Å². The van der Waals surface area contributed by atoms with Crippen LogP contribution in [0.25, 0.3) is 0 Å². The third-order valence-electron chi connectivity index (χ3n) is 2.71. The van der Waals surface area contributed by atoms with Crippen molar-refractivity contribution in [3.63, 3.8) is 0 Å². The van der Waals surface area contributed by atoms with Gasteiger partial charge >= 0.3 is 0 Å². The molecule has 0 aromatic rings. The molecule has 0 fully saturated rings. The Morgan fingerprint density at radius 3 is 2.00 bits per heavy atom. The third-order valence-corrected chi connectivity index (χ3v) is 2.71. The van der Waals surface area contributed by atoms with E-state index < -0.39 is 0 Å². The Morgan fingerprint density at radius 1 is 1.00 bits per heavy atom. The van der Waals surface area contributed by atoms with Crippen molar-refractivity contribution in [1.82, 2.24) is 0 Å². The Kier molecular flexibility index (Phi) is 6.14. The van der Waals surface area contributed by atoms with Gasteiger partial charge < -0.3 is 0 Å². The first-order chi connectivity index (χ1) is 5.57. The molecule has 0 bridgehead atoms. The van der Waals surface area contributed by atoms with Crippen LogP contribution in [0.2, 0.25) is 0 Å². The average molecular weight is 168 g/mol. The summed E-state index contributed by atoms with van der Waals surface area (Å²) in [5.41, 5.74) is 0. The van der Waals surface area contributed by atoms with Crippen LogP contribution in [0, 0.1) is 17.8 Å². The summed E-state index contributed by atoms with van der Waals surface area (Å²) in [6.45, 7) is 13.1. The summed E-state index contributed by atoms with van der Waals surface area (Å²) < 4.78 is 0. The maximum Gasteiger partial charge on any atom is -0.0325 e. The van der Waals surface area contributed by atoms with E-state index in [1.807, 2.05) is 6.08 Å². The van der Waals surface area contributed by atoms with E-state index in [4.69, 9.17) is 0 Å². The standard InChI is InChI=1S/C12H24/c1-6-7-11(4)12(5)9-8-10(2)3/h6,10-12H,1,7-9H2,2-5H3. The highest BCUT2D eigenvalue weighted by Crippen LogP contribution is 2.22. The van der Waals surface area contributed by atoms with E-state index in [1.54, 1.807) is 0 Å². The maximum absolute atomic E-state index is 3.78. The minimum atomic E-state index is 0.807. The van der Waals surface area contributed by atoms with Gasteiger partial charge in [-0.15, -0.1) is 6.58 Å². The van der Waals surface area contributed by atoms with Gasteiger partial charge in [-0.2, -0.15) is 0 Å². The fourth-order valence-corrected chi connectivity index (χ4v) is 1.38. The maximum atomic E-state index is 3.78. The van der Waals surface area contributed by atoms with Crippen molar-refractivity contribution in [2.24, 2.45) is 17.8 Å². The monoisotopic (exact) mass is 168 g/mol. The summed E-state index contributed by atoms with van der Waals surface area (Å²) in [5.74, 6) is 2.51. The highest BCUT2D eigenvalue weighted by Gasteiger charge is 2.10. The van der Waals surface area contributed by atoms with Gasteiger partial charge in [0.15, 0.2) is 0 Å². The zero-order valence-corrected chi connectivity index (χ0v) is 9.14. The van der Waals surface area contributed by atoms with Crippen LogP contribution in [-0.2, 0) is 0 Å². The minimum absolute atomic E-state index is 0.807. The molecule has 0 saturated heterocycles. The van der Waals surface area contributed by atoms with Crippen molar-refractivity contribution >= 4 is 0 Å². The first-order valence-corrected chi connectivity index (χ1v) is 5.18. The molecular weight excluding hydrogens is 144 g/mol. The molecule has 0 aromatic carbocycles. The molecule has 2 unspecified atom stereocenters. The molecular formula is C12H24. The topological polar surface area (TPSA) is 0 Å². The lowest BCUT2D eigenvalue weighted by atomic mass is 9.87. The second-order valence-corrected chi connectivity index (χ2v) is 4.45. The van der Waals surface area contributed by atoms with E-state index in [1.165, 1.54) is 19.3 Å². The second-order valence-electron chi connectivity index (χ2n) is 4.45. The van der Waals surface area contributed by atoms with E-state index in [0.717, 1.165) is 17.8 Å². The first-order valence-electron chi connectivity index (χ1n) is 5.18. The number of allylic oxidation sites excluding steroid dienone is 1. The van der Waals surface area contributed by atoms with Gasteiger partial charge in [0.25, 0.3) is 0 Å². The van der Waals surface area contributed by atoms with Crippen molar-refractivity contribution < 1.29 is 0 Å². The van der Waals surface area contributed by atoms with Crippen LogP contribution < -0.4 is 0 Å². The molecule has 0 aliphatic rings. The molecule has 0 heteroatoms. The van der Waals surface area contributed by atoms with Crippen LogP contribution in [0.3, 0.4) is 0 Å². The third kappa shape index (κ3) is 5.40. The van der Waals surface area contributed by atoms with Crippen LogP contribution in [0.15, 0.2) is 12.7 Å². The molecule has 0 radical (unpaired) electrons. The molecule has 0 aliphatic heterocycles. The van der Waals surface area contributed by atoms with Gasteiger partial charge in [0, 0.05) is 0 Å². The molecule has 0 spiro atoms. The lowest BCUT2D eigenvalue weighted by Crippen LogP contribution is -2.08. The molecule has 2 atom stereocenters. The van der Waals surface area contributed by atoms with E-state index in [0.29, 0.717) is 0 Å². The lowest BCUT2D eigenvalue weighted by Gasteiger charge is -2.19. The normalized spacial score (nSPS) is 16.1. The quantitative estimate of drug-likeness (QED) is 0.519. The summed E-state index contributed by atoms with van der Waals surface area (Å²) in [6.07, 6.45) is 5.94. The molecule has 0 nitrogen and oxygen atoms in total. The molecule has 72 valence electrons. The lowest BCUT2D eigenvalue weighted by molar-refractivity contribution is 0.339. The van der Waals surface area contributed by atoms with Gasteiger partial charge in [0.1, 0.15) is 0 Å². The molecule has 0 saturated carbocycles. The Balaban J connectivity index is 3.55. The summed E-state index contributed by atoms with van der Waals surface area (Å²) in [4.78, 5) is 0. The van der Waals surface area contributed by atoms with E-state index in [-0.39, 0.29) is 0 Å². The molecule has 0 aliphatic carbocycles. The highest BCUT2D eigenvalue weighted by molar-refractivity contribution is 4.73. The Hall–Kier alpha value is -0.260. The summed E-state index contributed by atoms with van der Waals surface area (Å²) in [6, 6.07) is 0. The summed E-state index contributed by atoms with van der Waals surface area (Å²) >= 11 is 0. The molecule has 0 aromatic heterocycles. The Bertz CT molecular complexity index is 113. The second kappa shape index (κ2) is 6.28.